The van der Waals surface area contributed by atoms with E-state index in [2.05, 4.69) is 0 Å². The van der Waals surface area contributed by atoms with Gasteiger partial charge in [-0.1, -0.05) is 36.4 Å². The van der Waals surface area contributed by atoms with E-state index in [9.17, 15) is 18.5 Å². The highest BCUT2D eigenvalue weighted by Crippen LogP contribution is 2.25. The standard InChI is InChI=1S/C19H17NO5S/c1-2-24-19(21)14-25-18-11-7-6-8-15(18)12-17(13-20)26(22,23)16-9-4-3-5-10-16/h3-12H,2,14H2,1H3/b17-12-. The molecule has 0 N–H and O–H groups in total. The first kappa shape index (κ1) is 19.2. The number of nitrogens with zero attached hydrogens (tertiary/aromatic N) is 1. The number of benzene rings is 2. The Morgan fingerprint density at radius 2 is 1.77 bits per heavy atom. The summed E-state index contributed by atoms with van der Waals surface area (Å²) in [6.07, 6.45) is 1.23. The number of hydrogen-bond acceptors (Lipinski definition) is 6. The molecular formula is C19H17NO5S. The Bertz CT molecular complexity index is 943. The minimum absolute atomic E-state index is 0.0257. The van der Waals surface area contributed by atoms with Crippen molar-refractivity contribution in [3.05, 3.63) is 65.1 Å². The van der Waals surface area contributed by atoms with Gasteiger partial charge in [-0.05, 0) is 31.2 Å². The highest BCUT2D eigenvalue weighted by Gasteiger charge is 2.21. The average Bonchev–Trinajstić information content (AvgIpc) is 2.66. The van der Waals surface area contributed by atoms with Gasteiger partial charge >= 0.3 is 5.97 Å². The van der Waals surface area contributed by atoms with Gasteiger partial charge in [0.15, 0.2) is 6.61 Å². The molecule has 0 bridgehead atoms. The van der Waals surface area contributed by atoms with Crippen LogP contribution < -0.4 is 4.74 Å². The Morgan fingerprint density at radius 3 is 2.42 bits per heavy atom. The SMILES string of the molecule is CCOC(=O)COc1ccccc1/C=C(/C#N)S(=O)(=O)c1ccccc1. The largest absolute Gasteiger partial charge is 0.481 e. The molecule has 26 heavy (non-hydrogen) atoms. The Balaban J connectivity index is 2.35. The van der Waals surface area contributed by atoms with Crippen LogP contribution in [0.1, 0.15) is 12.5 Å². The zero-order chi connectivity index (χ0) is 19.0. The van der Waals surface area contributed by atoms with Crippen molar-refractivity contribution in [2.24, 2.45) is 0 Å². The van der Waals surface area contributed by atoms with Crippen LogP contribution in [-0.4, -0.2) is 27.6 Å². The van der Waals surface area contributed by atoms with E-state index in [0.29, 0.717) is 5.56 Å². The van der Waals surface area contributed by atoms with Crippen molar-refractivity contribution in [3.8, 4) is 11.8 Å². The number of carbonyl (C=O) groups is 1. The molecule has 0 saturated heterocycles. The molecule has 2 aromatic carbocycles. The van der Waals surface area contributed by atoms with Gasteiger partial charge in [0.2, 0.25) is 9.84 Å². The molecule has 6 nitrogen and oxygen atoms in total. The minimum atomic E-state index is -3.95. The number of rotatable bonds is 7. The first-order valence-corrected chi connectivity index (χ1v) is 9.26. The average molecular weight is 371 g/mol. The molecule has 0 unspecified atom stereocenters. The predicted octanol–water partition coefficient (Wildman–Crippen LogP) is 2.97. The molecular weight excluding hydrogens is 354 g/mol. The first-order chi connectivity index (χ1) is 12.5. The zero-order valence-corrected chi connectivity index (χ0v) is 14.9. The van der Waals surface area contributed by atoms with Crippen molar-refractivity contribution < 1.29 is 22.7 Å². The molecule has 0 heterocycles. The predicted molar refractivity (Wildman–Crippen MR) is 95.8 cm³/mol. The summed E-state index contributed by atoms with van der Waals surface area (Å²) < 4.78 is 35.4. The maximum absolute atomic E-state index is 12.6. The summed E-state index contributed by atoms with van der Waals surface area (Å²) in [4.78, 5) is 11.0. The summed E-state index contributed by atoms with van der Waals surface area (Å²) in [5.74, 6) is -0.264. The highest BCUT2D eigenvalue weighted by molar-refractivity contribution is 7.95. The number of carbonyl (C=O) groups excluding carboxylic acids is 1. The summed E-state index contributed by atoms with van der Waals surface area (Å²) in [7, 11) is -3.95. The third-order valence-corrected chi connectivity index (χ3v) is 4.99. The Morgan fingerprint density at radius 1 is 1.12 bits per heavy atom. The van der Waals surface area contributed by atoms with Crippen LogP contribution in [0.2, 0.25) is 0 Å². The lowest BCUT2D eigenvalue weighted by Crippen LogP contribution is -2.15. The normalized spacial score (nSPS) is 11.5. The van der Waals surface area contributed by atoms with E-state index in [1.165, 1.54) is 18.2 Å². The number of esters is 1. The maximum Gasteiger partial charge on any atom is 0.344 e. The Labute approximate surface area is 152 Å². The summed E-state index contributed by atoms with van der Waals surface area (Å²) in [6.45, 7) is 1.60. The Hall–Kier alpha value is -3.11. The molecule has 0 fully saturated rings. The van der Waals surface area contributed by atoms with Crippen molar-refractivity contribution in [1.82, 2.24) is 0 Å². The van der Waals surface area contributed by atoms with Crippen LogP contribution in [0.15, 0.2) is 64.4 Å². The highest BCUT2D eigenvalue weighted by atomic mass is 32.2. The van der Waals surface area contributed by atoms with Gasteiger partial charge < -0.3 is 9.47 Å². The van der Waals surface area contributed by atoms with Crippen LogP contribution in [0.25, 0.3) is 6.08 Å². The van der Waals surface area contributed by atoms with E-state index in [1.807, 2.05) is 0 Å². The van der Waals surface area contributed by atoms with Crippen LogP contribution in [0.5, 0.6) is 5.75 Å². The number of sulfone groups is 1. The molecule has 0 aliphatic rings. The topological polar surface area (TPSA) is 93.5 Å². The van der Waals surface area contributed by atoms with E-state index >= 15 is 0 Å². The van der Waals surface area contributed by atoms with E-state index in [-0.39, 0.29) is 23.9 Å². The summed E-state index contributed by atoms with van der Waals surface area (Å²) in [5, 5.41) is 9.35. The molecule has 134 valence electrons. The monoisotopic (exact) mass is 371 g/mol. The van der Waals surface area contributed by atoms with E-state index < -0.39 is 20.7 Å². The fourth-order valence-corrected chi connectivity index (χ4v) is 3.28. The first-order valence-electron chi connectivity index (χ1n) is 7.78. The van der Waals surface area contributed by atoms with Gasteiger partial charge in [-0.3, -0.25) is 0 Å². The fraction of sp³-hybridized carbons (Fsp3) is 0.158. The van der Waals surface area contributed by atoms with Gasteiger partial charge in [0.1, 0.15) is 16.7 Å². The molecule has 0 aliphatic carbocycles. The molecule has 2 rings (SSSR count). The molecule has 0 amide bonds. The lowest BCUT2D eigenvalue weighted by atomic mass is 10.2. The lowest BCUT2D eigenvalue weighted by molar-refractivity contribution is -0.145. The number of hydrogen-bond donors (Lipinski definition) is 0. The van der Waals surface area contributed by atoms with Crippen molar-refractivity contribution in [1.29, 1.82) is 5.26 Å². The third kappa shape index (κ3) is 4.71. The quantitative estimate of drug-likeness (QED) is 0.549. The van der Waals surface area contributed by atoms with Crippen molar-refractivity contribution >= 4 is 21.9 Å². The van der Waals surface area contributed by atoms with Crippen molar-refractivity contribution in [3.63, 3.8) is 0 Å². The van der Waals surface area contributed by atoms with Crippen molar-refractivity contribution in [2.45, 2.75) is 11.8 Å². The lowest BCUT2D eigenvalue weighted by Gasteiger charge is -2.09. The minimum Gasteiger partial charge on any atom is -0.481 e. The summed E-state index contributed by atoms with van der Waals surface area (Å²) >= 11 is 0. The second kappa shape index (κ2) is 8.83. The van der Waals surface area contributed by atoms with Gasteiger partial charge in [-0.25, -0.2) is 13.2 Å². The maximum atomic E-state index is 12.6. The second-order valence-corrected chi connectivity index (χ2v) is 6.99. The van der Waals surface area contributed by atoms with Crippen molar-refractivity contribution in [2.75, 3.05) is 13.2 Å². The number of allylic oxidation sites excluding steroid dienone is 1. The number of nitriles is 1. The van der Waals surface area contributed by atoms with Crippen LogP contribution in [0.4, 0.5) is 0 Å². The van der Waals surface area contributed by atoms with Gasteiger partial charge in [0, 0.05) is 5.56 Å². The Kier molecular flexibility index (Phi) is 6.53. The molecule has 0 aliphatic heterocycles. The van der Waals surface area contributed by atoms with Gasteiger partial charge in [-0.2, -0.15) is 5.26 Å². The third-order valence-electron chi connectivity index (χ3n) is 3.31. The molecule has 0 radical (unpaired) electrons. The molecule has 2 aromatic rings. The van der Waals surface area contributed by atoms with Gasteiger partial charge in [0.25, 0.3) is 0 Å². The van der Waals surface area contributed by atoms with Crippen LogP contribution in [-0.2, 0) is 19.4 Å². The van der Waals surface area contributed by atoms with E-state index in [4.69, 9.17) is 9.47 Å². The molecule has 0 atom stereocenters. The summed E-state index contributed by atoms with van der Waals surface area (Å²) in [6, 6.07) is 15.9. The van der Waals surface area contributed by atoms with Gasteiger partial charge in [0.05, 0.1) is 11.5 Å². The fourth-order valence-electron chi connectivity index (χ4n) is 2.11. The number of ether oxygens (including phenoxy) is 2. The van der Waals surface area contributed by atoms with Crippen LogP contribution >= 0.6 is 0 Å². The smallest absolute Gasteiger partial charge is 0.344 e. The van der Waals surface area contributed by atoms with Crippen LogP contribution in [0.3, 0.4) is 0 Å². The second-order valence-electron chi connectivity index (χ2n) is 5.07. The van der Waals surface area contributed by atoms with E-state index in [0.717, 1.165) is 0 Å². The van der Waals surface area contributed by atoms with E-state index in [1.54, 1.807) is 55.5 Å². The molecule has 0 spiro atoms. The summed E-state index contributed by atoms with van der Waals surface area (Å²) in [5.41, 5.74) is 0.368. The number of para-hydroxylation sites is 1. The molecule has 7 heteroatoms. The van der Waals surface area contributed by atoms with Gasteiger partial charge in [-0.15, -0.1) is 0 Å². The van der Waals surface area contributed by atoms with Crippen LogP contribution in [0, 0.1) is 11.3 Å². The molecule has 0 saturated carbocycles. The zero-order valence-electron chi connectivity index (χ0n) is 14.1. The molecule has 0 aromatic heterocycles.